The summed E-state index contributed by atoms with van der Waals surface area (Å²) in [6, 6.07) is 11.8. The number of aryl methyl sites for hydroxylation is 2. The monoisotopic (exact) mass is 287 g/mol. The van der Waals surface area contributed by atoms with Crippen LogP contribution in [-0.4, -0.2) is 16.6 Å². The average molecular weight is 287 g/mol. The van der Waals surface area contributed by atoms with Gasteiger partial charge in [-0.25, -0.2) is 0 Å². The first-order valence-electron chi connectivity index (χ1n) is 6.60. The first-order chi connectivity index (χ1) is 9.97. The Kier molecular flexibility index (Phi) is 4.55. The van der Waals surface area contributed by atoms with Crippen LogP contribution in [-0.2, 0) is 0 Å². The normalized spacial score (nSPS) is 12.0. The molecule has 1 unspecified atom stereocenters. The van der Waals surface area contributed by atoms with Gasteiger partial charge in [0.25, 0.3) is 5.69 Å². The van der Waals surface area contributed by atoms with Gasteiger partial charge in [-0.05, 0) is 36.6 Å². The zero-order valence-corrected chi connectivity index (χ0v) is 11.9. The van der Waals surface area contributed by atoms with E-state index in [1.807, 2.05) is 32.0 Å². The third kappa shape index (κ3) is 3.79. The van der Waals surface area contributed by atoms with Crippen molar-refractivity contribution in [1.29, 1.82) is 0 Å². The minimum atomic E-state index is -0.912. The van der Waals surface area contributed by atoms with Crippen LogP contribution in [0.2, 0.25) is 0 Å². The molecule has 0 aliphatic carbocycles. The van der Waals surface area contributed by atoms with Gasteiger partial charge in [0.2, 0.25) is 0 Å². The van der Waals surface area contributed by atoms with Crippen LogP contribution in [0.3, 0.4) is 0 Å². The number of hydrogen-bond acceptors (Lipinski definition) is 4. The maximum atomic E-state index is 10.7. The second-order valence-corrected chi connectivity index (χ2v) is 4.95. The highest BCUT2D eigenvalue weighted by Crippen LogP contribution is 2.23. The molecule has 0 aliphatic rings. The van der Waals surface area contributed by atoms with Gasteiger partial charge in [0.15, 0.2) is 0 Å². The summed E-state index contributed by atoms with van der Waals surface area (Å²) < 4.78 is 5.61. The second-order valence-electron chi connectivity index (χ2n) is 4.95. The van der Waals surface area contributed by atoms with Crippen LogP contribution >= 0.6 is 0 Å². The van der Waals surface area contributed by atoms with Gasteiger partial charge in [-0.15, -0.1) is 0 Å². The quantitative estimate of drug-likeness (QED) is 0.676. The average Bonchev–Trinajstić information content (AvgIpc) is 2.48. The molecule has 2 aromatic carbocycles. The summed E-state index contributed by atoms with van der Waals surface area (Å²) in [4.78, 5) is 10.2. The van der Waals surface area contributed by atoms with Gasteiger partial charge in [0.05, 0.1) is 4.92 Å². The SMILES string of the molecule is Cc1ccc(C)c(OCC(O)c2cccc([N+](=O)[O-])c2)c1. The zero-order chi connectivity index (χ0) is 15.4. The zero-order valence-electron chi connectivity index (χ0n) is 11.9. The van der Waals surface area contributed by atoms with E-state index in [1.165, 1.54) is 12.1 Å². The Bertz CT molecular complexity index is 654. The van der Waals surface area contributed by atoms with Gasteiger partial charge in [0.1, 0.15) is 18.5 Å². The highest BCUT2D eigenvalue weighted by atomic mass is 16.6. The Labute approximate surface area is 123 Å². The summed E-state index contributed by atoms with van der Waals surface area (Å²) in [6.07, 6.45) is -0.912. The van der Waals surface area contributed by atoms with E-state index in [0.29, 0.717) is 11.3 Å². The number of ether oxygens (including phenoxy) is 1. The van der Waals surface area contributed by atoms with E-state index in [1.54, 1.807) is 12.1 Å². The van der Waals surface area contributed by atoms with Crippen LogP contribution in [0.5, 0.6) is 5.75 Å². The van der Waals surface area contributed by atoms with Crippen molar-refractivity contribution in [3.8, 4) is 5.75 Å². The van der Waals surface area contributed by atoms with E-state index in [4.69, 9.17) is 4.74 Å². The molecule has 2 rings (SSSR count). The largest absolute Gasteiger partial charge is 0.490 e. The van der Waals surface area contributed by atoms with Gasteiger partial charge in [-0.1, -0.05) is 24.3 Å². The smallest absolute Gasteiger partial charge is 0.269 e. The summed E-state index contributed by atoms with van der Waals surface area (Å²) in [7, 11) is 0. The summed E-state index contributed by atoms with van der Waals surface area (Å²) in [6.45, 7) is 3.93. The number of nitro benzene ring substituents is 1. The Balaban J connectivity index is 2.08. The molecule has 5 heteroatoms. The van der Waals surface area contributed by atoms with Crippen molar-refractivity contribution in [3.63, 3.8) is 0 Å². The molecule has 0 amide bonds. The predicted molar refractivity (Wildman–Crippen MR) is 79.5 cm³/mol. The third-order valence-electron chi connectivity index (χ3n) is 3.21. The number of nitrogens with zero attached hydrogens (tertiary/aromatic N) is 1. The van der Waals surface area contributed by atoms with E-state index in [0.717, 1.165) is 11.1 Å². The lowest BCUT2D eigenvalue weighted by Crippen LogP contribution is -2.10. The van der Waals surface area contributed by atoms with Gasteiger partial charge < -0.3 is 9.84 Å². The van der Waals surface area contributed by atoms with E-state index >= 15 is 0 Å². The molecule has 0 fully saturated rings. The highest BCUT2D eigenvalue weighted by Gasteiger charge is 2.13. The molecule has 0 heterocycles. The Morgan fingerprint density at radius 3 is 2.71 bits per heavy atom. The molecule has 0 saturated carbocycles. The van der Waals surface area contributed by atoms with Crippen LogP contribution in [0.1, 0.15) is 22.8 Å². The lowest BCUT2D eigenvalue weighted by molar-refractivity contribution is -0.385. The van der Waals surface area contributed by atoms with E-state index in [2.05, 4.69) is 0 Å². The van der Waals surface area contributed by atoms with Crippen LogP contribution < -0.4 is 4.74 Å². The molecule has 1 N–H and O–H groups in total. The number of hydrogen-bond donors (Lipinski definition) is 1. The molecule has 0 aliphatic heterocycles. The maximum Gasteiger partial charge on any atom is 0.269 e. The second kappa shape index (κ2) is 6.37. The number of nitro groups is 1. The predicted octanol–water partition coefficient (Wildman–Crippen LogP) is 3.32. The Hall–Kier alpha value is -2.40. The fourth-order valence-corrected chi connectivity index (χ4v) is 1.97. The standard InChI is InChI=1S/C16H17NO4/c1-11-6-7-12(2)16(8-11)21-10-15(18)13-4-3-5-14(9-13)17(19)20/h3-9,15,18H,10H2,1-2H3. The first-order valence-corrected chi connectivity index (χ1v) is 6.60. The van der Waals surface area contributed by atoms with Crippen molar-refractivity contribution in [2.45, 2.75) is 20.0 Å². The van der Waals surface area contributed by atoms with Crippen LogP contribution in [0.15, 0.2) is 42.5 Å². The van der Waals surface area contributed by atoms with Crippen molar-refractivity contribution in [1.82, 2.24) is 0 Å². The summed E-state index contributed by atoms with van der Waals surface area (Å²) in [5.74, 6) is 0.708. The van der Waals surface area contributed by atoms with E-state index in [9.17, 15) is 15.2 Å². The molecular weight excluding hydrogens is 270 g/mol. The topological polar surface area (TPSA) is 72.6 Å². The molecular formula is C16H17NO4. The van der Waals surface area contributed by atoms with Crippen molar-refractivity contribution < 1.29 is 14.8 Å². The molecule has 0 bridgehead atoms. The van der Waals surface area contributed by atoms with Gasteiger partial charge >= 0.3 is 0 Å². The van der Waals surface area contributed by atoms with Crippen LogP contribution in [0.4, 0.5) is 5.69 Å². The van der Waals surface area contributed by atoms with Crippen molar-refractivity contribution in [2.75, 3.05) is 6.61 Å². The van der Waals surface area contributed by atoms with Gasteiger partial charge in [-0.2, -0.15) is 0 Å². The molecule has 21 heavy (non-hydrogen) atoms. The fourth-order valence-electron chi connectivity index (χ4n) is 1.97. The summed E-state index contributed by atoms with van der Waals surface area (Å²) in [5.41, 5.74) is 2.47. The molecule has 0 saturated heterocycles. The third-order valence-corrected chi connectivity index (χ3v) is 3.21. The van der Waals surface area contributed by atoms with E-state index in [-0.39, 0.29) is 12.3 Å². The number of benzene rings is 2. The maximum absolute atomic E-state index is 10.7. The Morgan fingerprint density at radius 1 is 1.24 bits per heavy atom. The lowest BCUT2D eigenvalue weighted by atomic mass is 10.1. The molecule has 1 atom stereocenters. The number of non-ortho nitro benzene ring substituents is 1. The fraction of sp³-hybridized carbons (Fsp3) is 0.250. The molecule has 110 valence electrons. The highest BCUT2D eigenvalue weighted by molar-refractivity contribution is 5.37. The van der Waals surface area contributed by atoms with Crippen LogP contribution in [0.25, 0.3) is 0 Å². The minimum absolute atomic E-state index is 0.0433. The lowest BCUT2D eigenvalue weighted by Gasteiger charge is -2.14. The molecule has 2 aromatic rings. The Morgan fingerprint density at radius 2 is 2.00 bits per heavy atom. The van der Waals surface area contributed by atoms with Crippen molar-refractivity contribution in [3.05, 3.63) is 69.3 Å². The molecule has 0 aromatic heterocycles. The number of aliphatic hydroxyl groups is 1. The summed E-state index contributed by atoms with van der Waals surface area (Å²) >= 11 is 0. The molecule has 5 nitrogen and oxygen atoms in total. The summed E-state index contributed by atoms with van der Waals surface area (Å²) in [5, 5.41) is 20.8. The molecule has 0 radical (unpaired) electrons. The van der Waals surface area contributed by atoms with Gasteiger partial charge in [-0.3, -0.25) is 10.1 Å². The van der Waals surface area contributed by atoms with E-state index < -0.39 is 11.0 Å². The molecule has 0 spiro atoms. The minimum Gasteiger partial charge on any atom is -0.490 e. The first kappa shape index (κ1) is 15.0. The number of rotatable bonds is 5. The van der Waals surface area contributed by atoms with Gasteiger partial charge in [0, 0.05) is 12.1 Å². The van der Waals surface area contributed by atoms with Crippen LogP contribution in [0, 0.1) is 24.0 Å². The van der Waals surface area contributed by atoms with Crippen molar-refractivity contribution >= 4 is 5.69 Å². The number of aliphatic hydroxyl groups excluding tert-OH is 1. The van der Waals surface area contributed by atoms with Crippen molar-refractivity contribution in [2.24, 2.45) is 0 Å².